The van der Waals surface area contributed by atoms with Gasteiger partial charge in [0.2, 0.25) is 15.9 Å². The molecule has 1 atom stereocenters. The lowest BCUT2D eigenvalue weighted by atomic mass is 10.1. The van der Waals surface area contributed by atoms with Crippen molar-refractivity contribution in [2.24, 2.45) is 0 Å². The van der Waals surface area contributed by atoms with E-state index in [1.54, 1.807) is 24.3 Å². The molecule has 2 N–H and O–H groups in total. The number of hydrogen-bond acceptors (Lipinski definition) is 8. The minimum atomic E-state index is -4.13. The summed E-state index contributed by atoms with van der Waals surface area (Å²) in [6.07, 6.45) is 0.608. The first-order chi connectivity index (χ1) is 15.6. The van der Waals surface area contributed by atoms with E-state index in [0.29, 0.717) is 5.75 Å². The van der Waals surface area contributed by atoms with Gasteiger partial charge in [-0.1, -0.05) is 12.1 Å². The Morgan fingerprint density at radius 2 is 1.70 bits per heavy atom. The van der Waals surface area contributed by atoms with Crippen molar-refractivity contribution in [2.75, 3.05) is 14.2 Å². The number of amides is 1. The van der Waals surface area contributed by atoms with Crippen LogP contribution in [-0.2, 0) is 30.8 Å². The summed E-state index contributed by atoms with van der Waals surface area (Å²) >= 11 is 0. The molecule has 1 aliphatic carbocycles. The molecule has 1 amide bonds. The molecule has 11 nitrogen and oxygen atoms in total. The van der Waals surface area contributed by atoms with Crippen LogP contribution in [0.5, 0.6) is 5.75 Å². The first-order valence-electron chi connectivity index (χ1n) is 9.90. The molecular weight excluding hydrogens is 454 g/mol. The topological polar surface area (TPSA) is 154 Å². The Morgan fingerprint density at radius 3 is 2.18 bits per heavy atom. The molecule has 0 aliphatic heterocycles. The Labute approximate surface area is 190 Å². The van der Waals surface area contributed by atoms with E-state index in [9.17, 15) is 28.1 Å². The number of methoxy groups -OCH3 is 2. The number of carbonyl (C=O) groups excluding carboxylic acids is 2. The van der Waals surface area contributed by atoms with Gasteiger partial charge in [-0.15, -0.1) is 0 Å². The van der Waals surface area contributed by atoms with Crippen molar-refractivity contribution in [3.8, 4) is 5.75 Å². The summed E-state index contributed by atoms with van der Waals surface area (Å²) in [6, 6.07) is 10.2. The van der Waals surface area contributed by atoms with Crippen LogP contribution in [0.4, 0.5) is 5.69 Å². The number of esters is 1. The van der Waals surface area contributed by atoms with Crippen LogP contribution in [0.25, 0.3) is 0 Å². The van der Waals surface area contributed by atoms with Crippen molar-refractivity contribution in [1.29, 1.82) is 0 Å². The molecule has 0 unspecified atom stereocenters. The van der Waals surface area contributed by atoms with Gasteiger partial charge in [-0.25, -0.2) is 13.2 Å². The molecular formula is C21H23N3O8S. The van der Waals surface area contributed by atoms with E-state index in [2.05, 4.69) is 10.0 Å². The largest absolute Gasteiger partial charge is 0.497 e. The predicted molar refractivity (Wildman–Crippen MR) is 116 cm³/mol. The number of ether oxygens (including phenoxy) is 2. The van der Waals surface area contributed by atoms with Gasteiger partial charge in [0.15, 0.2) is 0 Å². The maximum atomic E-state index is 12.9. The second-order valence-corrected chi connectivity index (χ2v) is 9.22. The predicted octanol–water partition coefficient (Wildman–Crippen LogP) is 1.31. The van der Waals surface area contributed by atoms with Gasteiger partial charge >= 0.3 is 5.97 Å². The van der Waals surface area contributed by atoms with Gasteiger partial charge in [-0.3, -0.25) is 14.9 Å². The smallest absolute Gasteiger partial charge is 0.328 e. The van der Waals surface area contributed by atoms with Crippen molar-refractivity contribution in [2.45, 2.75) is 35.7 Å². The van der Waals surface area contributed by atoms with Crippen molar-refractivity contribution in [3.05, 3.63) is 64.2 Å². The van der Waals surface area contributed by atoms with Gasteiger partial charge in [-0.05, 0) is 42.7 Å². The van der Waals surface area contributed by atoms with Gasteiger partial charge in [-0.2, -0.15) is 4.72 Å². The summed E-state index contributed by atoms with van der Waals surface area (Å²) in [5.74, 6) is -0.694. The van der Waals surface area contributed by atoms with Gasteiger partial charge < -0.3 is 14.8 Å². The number of carbonyl (C=O) groups is 2. The lowest BCUT2D eigenvalue weighted by molar-refractivity contribution is -0.384. The van der Waals surface area contributed by atoms with Crippen LogP contribution in [0.2, 0.25) is 0 Å². The highest BCUT2D eigenvalue weighted by Gasteiger charge is 2.53. The normalized spacial score (nSPS) is 15.2. The average Bonchev–Trinajstić information content (AvgIpc) is 3.58. The summed E-state index contributed by atoms with van der Waals surface area (Å²) in [5.41, 5.74) is -0.928. The van der Waals surface area contributed by atoms with Crippen LogP contribution in [0.3, 0.4) is 0 Å². The zero-order chi connectivity index (χ0) is 24.2. The second kappa shape index (κ2) is 9.55. The fourth-order valence-electron chi connectivity index (χ4n) is 3.19. The lowest BCUT2D eigenvalue weighted by Gasteiger charge is -2.22. The fourth-order valence-corrected chi connectivity index (χ4v) is 4.62. The van der Waals surface area contributed by atoms with Crippen LogP contribution in [0, 0.1) is 10.1 Å². The van der Waals surface area contributed by atoms with E-state index in [0.717, 1.165) is 29.8 Å². The molecule has 33 heavy (non-hydrogen) atoms. The number of hydrogen-bond donors (Lipinski definition) is 2. The standard InChI is InChI=1S/C21H23N3O8S/c1-31-16-7-3-14(4-8-16)13-18(19(25)32-2)22-20(26)21(11-12-21)23-33(29,30)17-9-5-15(6-10-17)24(27)28/h3-10,18,23H,11-13H2,1-2H3,(H,22,26)/t18-/m0/s1. The van der Waals surface area contributed by atoms with E-state index in [1.165, 1.54) is 14.2 Å². The van der Waals surface area contributed by atoms with Crippen LogP contribution < -0.4 is 14.8 Å². The SMILES string of the molecule is COC(=O)[C@H](Cc1ccc(OC)cc1)NC(=O)C1(NS(=O)(=O)c2ccc([N+](=O)[O-])cc2)CC1. The third-order valence-electron chi connectivity index (χ3n) is 5.26. The minimum Gasteiger partial charge on any atom is -0.497 e. The molecule has 0 bridgehead atoms. The highest BCUT2D eigenvalue weighted by atomic mass is 32.2. The van der Waals surface area contributed by atoms with Crippen LogP contribution in [-0.4, -0.2) is 51.0 Å². The Bertz CT molecular complexity index is 1140. The maximum absolute atomic E-state index is 12.9. The molecule has 0 saturated heterocycles. The highest BCUT2D eigenvalue weighted by Crippen LogP contribution is 2.37. The van der Waals surface area contributed by atoms with E-state index in [-0.39, 0.29) is 29.8 Å². The van der Waals surface area contributed by atoms with Crippen molar-refractivity contribution < 1.29 is 32.4 Å². The third-order valence-corrected chi connectivity index (χ3v) is 6.81. The number of nitrogens with one attached hydrogen (secondary N) is 2. The fraction of sp³-hybridized carbons (Fsp3) is 0.333. The van der Waals surface area contributed by atoms with Crippen LogP contribution in [0.1, 0.15) is 18.4 Å². The number of rotatable bonds is 10. The summed E-state index contributed by atoms with van der Waals surface area (Å²) in [6.45, 7) is 0. The Morgan fingerprint density at radius 1 is 1.09 bits per heavy atom. The molecule has 1 saturated carbocycles. The van der Waals surface area contributed by atoms with Crippen molar-refractivity contribution in [1.82, 2.24) is 10.0 Å². The molecule has 2 aromatic carbocycles. The number of nitro groups is 1. The molecule has 0 heterocycles. The molecule has 176 valence electrons. The molecule has 0 spiro atoms. The monoisotopic (exact) mass is 477 g/mol. The minimum absolute atomic E-state index is 0.133. The molecule has 12 heteroatoms. The number of sulfonamides is 1. The third kappa shape index (κ3) is 5.65. The summed E-state index contributed by atoms with van der Waals surface area (Å²) in [7, 11) is -1.41. The number of nitro benzene ring substituents is 1. The van der Waals surface area contributed by atoms with Gasteiger partial charge in [0.1, 0.15) is 17.3 Å². The van der Waals surface area contributed by atoms with E-state index in [4.69, 9.17) is 9.47 Å². The highest BCUT2D eigenvalue weighted by molar-refractivity contribution is 7.89. The Kier molecular flexibility index (Phi) is 6.98. The van der Waals surface area contributed by atoms with E-state index < -0.39 is 38.4 Å². The second-order valence-electron chi connectivity index (χ2n) is 7.54. The van der Waals surface area contributed by atoms with Gasteiger partial charge in [0.05, 0.1) is 24.0 Å². The molecule has 1 aliphatic rings. The van der Waals surface area contributed by atoms with Gasteiger partial charge in [0, 0.05) is 18.6 Å². The first-order valence-corrected chi connectivity index (χ1v) is 11.4. The number of non-ortho nitro benzene ring substituents is 1. The molecule has 0 radical (unpaired) electrons. The van der Waals surface area contributed by atoms with E-state index in [1.807, 2.05) is 0 Å². The Hall–Kier alpha value is -3.51. The maximum Gasteiger partial charge on any atom is 0.328 e. The van der Waals surface area contributed by atoms with Crippen LogP contribution >= 0.6 is 0 Å². The lowest BCUT2D eigenvalue weighted by Crippen LogP contribution is -2.54. The van der Waals surface area contributed by atoms with E-state index >= 15 is 0 Å². The zero-order valence-electron chi connectivity index (χ0n) is 17.9. The number of benzene rings is 2. The number of nitrogens with zero attached hydrogens (tertiary/aromatic N) is 1. The molecule has 2 aromatic rings. The Balaban J connectivity index is 1.73. The van der Waals surface area contributed by atoms with Gasteiger partial charge in [0.25, 0.3) is 5.69 Å². The van der Waals surface area contributed by atoms with Crippen molar-refractivity contribution in [3.63, 3.8) is 0 Å². The van der Waals surface area contributed by atoms with Crippen LogP contribution in [0.15, 0.2) is 53.4 Å². The molecule has 1 fully saturated rings. The average molecular weight is 477 g/mol. The summed E-state index contributed by atoms with van der Waals surface area (Å²) in [5, 5.41) is 13.4. The summed E-state index contributed by atoms with van der Waals surface area (Å²) < 4.78 is 37.7. The summed E-state index contributed by atoms with van der Waals surface area (Å²) in [4.78, 5) is 35.1. The van der Waals surface area contributed by atoms with Crippen molar-refractivity contribution >= 4 is 27.6 Å². The first kappa shape index (κ1) is 24.1. The molecule has 0 aromatic heterocycles. The molecule has 3 rings (SSSR count). The zero-order valence-corrected chi connectivity index (χ0v) is 18.8. The quantitative estimate of drug-likeness (QED) is 0.295.